The summed E-state index contributed by atoms with van der Waals surface area (Å²) in [5.74, 6) is -10.9. The van der Waals surface area contributed by atoms with Crippen molar-refractivity contribution in [2.24, 2.45) is 0 Å². The lowest BCUT2D eigenvalue weighted by molar-refractivity contribution is -0.445. The summed E-state index contributed by atoms with van der Waals surface area (Å²) in [5.41, 5.74) is 0. The first-order valence-corrected chi connectivity index (χ1v) is 43.7. The fraction of sp³-hybridized carbons (Fsp3) is 0.909. The predicted octanol–water partition coefficient (Wildman–Crippen LogP) is -21.0. The summed E-state index contributed by atoms with van der Waals surface area (Å²) in [5, 5.41) is 309. The molecule has 0 aliphatic carbocycles. The van der Waals surface area contributed by atoms with Crippen molar-refractivity contribution in [1.29, 1.82) is 0 Å². The van der Waals surface area contributed by atoms with E-state index in [0.29, 0.717) is 0 Å². The monoisotopic (exact) mass is 2040 g/mol. The van der Waals surface area contributed by atoms with Gasteiger partial charge in [-0.3, -0.25) is 33.6 Å². The number of hydrogen-bond acceptors (Lipinski definition) is 55. The molecule has 10 rings (SSSR count). The van der Waals surface area contributed by atoms with Crippen molar-refractivity contribution in [1.82, 2.24) is 26.6 Å². The third-order valence-electron chi connectivity index (χ3n) is 24.7. The summed E-state index contributed by atoms with van der Waals surface area (Å²) >= 11 is 0. The molecule has 31 N–H and O–H groups in total. The lowest BCUT2D eigenvalue weighted by Crippen LogP contribution is -2.71. The van der Waals surface area contributed by atoms with Crippen molar-refractivity contribution in [3.05, 3.63) is 0 Å². The van der Waals surface area contributed by atoms with E-state index in [-0.39, 0.29) is 12.9 Å². The number of amides is 5. The van der Waals surface area contributed by atoms with Gasteiger partial charge in [-0.05, 0) is 0 Å². The van der Waals surface area contributed by atoms with Crippen LogP contribution >= 0.6 is 0 Å². The van der Waals surface area contributed by atoms with Gasteiger partial charge in [-0.25, -0.2) is 8.78 Å². The van der Waals surface area contributed by atoms with E-state index in [2.05, 4.69) is 26.6 Å². The first-order valence-electron chi connectivity index (χ1n) is 43.7. The molecule has 60 nitrogen and oxygen atoms in total. The molecule has 802 valence electrons. The Morgan fingerprint density at radius 1 is 0.331 bits per heavy atom. The average molecular weight is 2040 g/mol. The number of alkyl halides is 2. The van der Waals surface area contributed by atoms with Crippen molar-refractivity contribution in [2.45, 2.75) is 366 Å². The number of carbonyl (C=O) groups is 7. The molecule has 10 fully saturated rings. The number of carbonyl (C=O) groups excluding carboxylic acids is 7. The molecule has 0 aromatic carbocycles. The standard InChI is InChI=1S/C77H125F2N5O55/c1-21(94)80-38-26(99)7-76(120-19-92,136-61(38)43(103)28(101)9-78)138-64-47(107)32(13-87)122-72(56(64)116)131-59-35(16-90)127-69(41(51(59)111)83-24(4)97)134-66-53(113)45(105)30(11-85)124-74(66)119-18-37-49(109)63(55(115)71(129-37)130-58-34(15-89)126-68(118-6)40(50(58)110)82-23(3)96)133-75-67(54(114)46(106)31(12-86)125-75)135-70-42(84-25(5)98)52(112)60(36(17-91)128-70)132-73-57(117)65(48(108)33(14-88)123-73)139-77(121-20-93)8-27(100)39(81-22(2)95)62(137-77)44(104)29(102)10-79/h19-20,26-75,85-91,99-117H,7-18H2,1-6H3,(H,80,94)(H,81,95)(H,82,96)(H,83,97)(H,84,98)/t26?,27?,28-,29-,30?,31?,32?,33?,34?,35?,36?,37?,38?,39?,40?,41?,42?,43-,44-,45?,46?,47?,48?,49?,50?,51?,52?,53?,54?,55?,56?,57?,58?,59?,60?,61?,62?,63?,64?,65?,66?,67?,68?,69?,70?,71?,72?,73?,74?,75?,76?,77?/m1/s1. The molecule has 10 heterocycles. The van der Waals surface area contributed by atoms with Crippen LogP contribution < -0.4 is 26.6 Å². The van der Waals surface area contributed by atoms with Crippen LogP contribution in [0, 0.1) is 0 Å². The quantitative estimate of drug-likeness (QED) is 0.0199. The van der Waals surface area contributed by atoms with E-state index in [9.17, 15) is 175 Å². The second kappa shape index (κ2) is 50.6. The van der Waals surface area contributed by atoms with Gasteiger partial charge < -0.3 is 264 Å². The molecule has 0 aromatic rings. The van der Waals surface area contributed by atoms with Crippen LogP contribution in [0.4, 0.5) is 8.78 Å². The topological polar surface area (TPSA) is 909 Å². The number of ether oxygens (including phenoxy) is 22. The molecule has 0 saturated carbocycles. The molecule has 5 amide bonds. The van der Waals surface area contributed by atoms with Crippen molar-refractivity contribution < 1.29 is 279 Å². The van der Waals surface area contributed by atoms with Crippen molar-refractivity contribution in [3.8, 4) is 0 Å². The SMILES string of the molecule is COC1OC(CO)C(OC2OC(COC3OC(CO)C(O)C(O)C3OC3OC(CO)C(OC4OC(CO)C(O)C(OC5(OC=O)CC(O)C(NC(C)=O)C([C@H](O)[C@H](O)CF)O5)C4O)C(O)C3NC(C)=O)C(O)C(OC3OC(CO)C(O)C(O)C3OC3OC(CO)C(OC4OC(CO)C(O)C(OC5(OC=O)CC(O)C(NC(C)=O)C([C@H](O)[C@H](O)CF)O5)C4O)C(O)C3NC(C)=O)C2O)C(O)C1NC(C)=O. The molecule has 0 aromatic heterocycles. The van der Waals surface area contributed by atoms with Gasteiger partial charge >= 0.3 is 11.9 Å². The Morgan fingerprint density at radius 3 is 0.935 bits per heavy atom. The normalized spacial score (nSPS) is 45.9. The summed E-state index contributed by atoms with van der Waals surface area (Å²) in [6.45, 7) is -9.17. The van der Waals surface area contributed by atoms with Gasteiger partial charge in [-0.2, -0.15) is 0 Å². The lowest BCUT2D eigenvalue weighted by atomic mass is 9.91. The van der Waals surface area contributed by atoms with Gasteiger partial charge in [0.05, 0.1) is 90.0 Å². The van der Waals surface area contributed by atoms with E-state index < -0.39 is 427 Å². The van der Waals surface area contributed by atoms with Crippen LogP contribution in [-0.4, -0.2) is 567 Å². The highest BCUT2D eigenvalue weighted by molar-refractivity contribution is 5.75. The van der Waals surface area contributed by atoms with Crippen LogP contribution in [0.5, 0.6) is 0 Å². The molecule has 52 atom stereocenters. The first kappa shape index (κ1) is 115. The van der Waals surface area contributed by atoms with Crippen LogP contribution in [0.2, 0.25) is 0 Å². The molecule has 10 aliphatic heterocycles. The summed E-state index contributed by atoms with van der Waals surface area (Å²) in [6, 6.07) is -9.30. The van der Waals surface area contributed by atoms with Gasteiger partial charge in [0.25, 0.3) is 12.9 Å². The third kappa shape index (κ3) is 26.1. The number of hydrogen-bond donors (Lipinski definition) is 31. The Bertz CT molecular complexity index is 3890. The maximum Gasteiger partial charge on any atom is 0.332 e. The maximum atomic E-state index is 13.9. The van der Waals surface area contributed by atoms with Crippen molar-refractivity contribution in [2.75, 3.05) is 73.3 Å². The zero-order chi connectivity index (χ0) is 103. The Labute approximate surface area is 785 Å². The third-order valence-corrected chi connectivity index (χ3v) is 24.7. The Kier molecular flexibility index (Phi) is 42.0. The van der Waals surface area contributed by atoms with Crippen LogP contribution in [0.15, 0.2) is 0 Å². The zero-order valence-electron chi connectivity index (χ0n) is 74.7. The van der Waals surface area contributed by atoms with E-state index in [1.807, 2.05) is 0 Å². The summed E-state index contributed by atoms with van der Waals surface area (Å²) in [4.78, 5) is 88.0. The number of aliphatic hydroxyl groups excluding tert-OH is 26. The molecule has 0 bridgehead atoms. The lowest BCUT2D eigenvalue weighted by Gasteiger charge is -2.51. The Morgan fingerprint density at radius 2 is 0.604 bits per heavy atom. The molecular weight excluding hydrogens is 1910 g/mol. The molecule has 62 heteroatoms. The van der Waals surface area contributed by atoms with E-state index in [0.717, 1.165) is 41.7 Å². The fourth-order valence-electron chi connectivity index (χ4n) is 17.8. The number of nitrogens with one attached hydrogen (secondary N) is 5. The summed E-state index contributed by atoms with van der Waals surface area (Å²) in [6.07, 6.45) is -103. The molecular formula is C77H125F2N5O55. The highest BCUT2D eigenvalue weighted by atomic mass is 19.1. The Hall–Kier alpha value is -5.69. The van der Waals surface area contributed by atoms with E-state index in [1.54, 1.807) is 0 Å². The van der Waals surface area contributed by atoms with E-state index in [4.69, 9.17) is 104 Å². The van der Waals surface area contributed by atoms with Gasteiger partial charge in [0.15, 0.2) is 50.3 Å². The summed E-state index contributed by atoms with van der Waals surface area (Å²) in [7, 11) is 1.08. The number of rotatable bonds is 42. The van der Waals surface area contributed by atoms with Gasteiger partial charge in [-0.15, -0.1) is 0 Å². The summed E-state index contributed by atoms with van der Waals surface area (Å²) < 4.78 is 157. The highest BCUT2D eigenvalue weighted by Crippen LogP contribution is 2.45. The van der Waals surface area contributed by atoms with Crippen LogP contribution in [0.1, 0.15) is 47.5 Å². The maximum absolute atomic E-state index is 13.9. The number of halogens is 2. The van der Waals surface area contributed by atoms with Crippen LogP contribution in [-0.2, 0) is 138 Å². The highest BCUT2D eigenvalue weighted by Gasteiger charge is 2.65. The largest absolute Gasteiger partial charge is 0.410 e. The smallest absolute Gasteiger partial charge is 0.332 e. The van der Waals surface area contributed by atoms with Gasteiger partial charge in [0.2, 0.25) is 29.5 Å². The molecule has 48 unspecified atom stereocenters. The van der Waals surface area contributed by atoms with E-state index >= 15 is 0 Å². The van der Waals surface area contributed by atoms with Gasteiger partial charge in [0.1, 0.15) is 245 Å². The van der Waals surface area contributed by atoms with E-state index in [1.165, 1.54) is 0 Å². The second-order valence-corrected chi connectivity index (χ2v) is 34.4. The average Bonchev–Trinajstić information content (AvgIpc) is 0.758. The van der Waals surface area contributed by atoms with Gasteiger partial charge in [-0.1, -0.05) is 0 Å². The Balaban J connectivity index is 0.935. The number of methoxy groups -OCH3 is 1. The number of aliphatic hydroxyl groups is 26. The van der Waals surface area contributed by atoms with Crippen molar-refractivity contribution >= 4 is 42.5 Å². The van der Waals surface area contributed by atoms with Gasteiger partial charge in [0, 0.05) is 41.7 Å². The molecule has 0 spiro atoms. The fourth-order valence-corrected chi connectivity index (χ4v) is 17.8. The molecule has 139 heavy (non-hydrogen) atoms. The molecule has 10 aliphatic rings. The first-order chi connectivity index (χ1) is 65.8. The zero-order valence-corrected chi connectivity index (χ0v) is 74.7. The predicted molar refractivity (Wildman–Crippen MR) is 424 cm³/mol. The minimum Gasteiger partial charge on any atom is -0.410 e. The second-order valence-electron chi connectivity index (χ2n) is 34.4. The minimum absolute atomic E-state index is 0.349. The minimum atomic E-state index is -3.10. The van der Waals surface area contributed by atoms with Crippen LogP contribution in [0.25, 0.3) is 0 Å². The van der Waals surface area contributed by atoms with Crippen molar-refractivity contribution in [3.63, 3.8) is 0 Å². The molecule has 10 saturated heterocycles. The molecule has 0 radical (unpaired) electrons. The van der Waals surface area contributed by atoms with Crippen LogP contribution in [0.3, 0.4) is 0 Å².